The van der Waals surface area contributed by atoms with Gasteiger partial charge in [-0.05, 0) is 24.4 Å². The Kier molecular flexibility index (Phi) is 3.64. The molecule has 1 saturated heterocycles. The van der Waals surface area contributed by atoms with E-state index in [1.807, 2.05) is 4.90 Å². The predicted molar refractivity (Wildman–Crippen MR) is 67.5 cm³/mol. The van der Waals surface area contributed by atoms with Crippen LogP contribution in [-0.2, 0) is 0 Å². The van der Waals surface area contributed by atoms with Crippen molar-refractivity contribution in [1.82, 2.24) is 0 Å². The Morgan fingerprint density at radius 1 is 1.50 bits per heavy atom. The van der Waals surface area contributed by atoms with Crippen LogP contribution in [0, 0.1) is 10.1 Å². The maximum absolute atomic E-state index is 11.0. The van der Waals surface area contributed by atoms with Crippen molar-refractivity contribution in [3.8, 4) is 0 Å². The molecule has 7 nitrogen and oxygen atoms in total. The lowest BCUT2D eigenvalue weighted by Gasteiger charge is -2.31. The summed E-state index contributed by atoms with van der Waals surface area (Å²) in [5.41, 5.74) is 9.14. The van der Waals surface area contributed by atoms with Crippen LogP contribution in [-0.4, -0.2) is 24.1 Å². The fourth-order valence-corrected chi connectivity index (χ4v) is 2.23. The fourth-order valence-electron chi connectivity index (χ4n) is 2.23. The Bertz CT molecular complexity index is 498. The number of anilines is 1. The summed E-state index contributed by atoms with van der Waals surface area (Å²) in [6, 6.07) is 6.54. The predicted octanol–water partition coefficient (Wildman–Crippen LogP) is 2.87. The van der Waals surface area contributed by atoms with Gasteiger partial charge in [0, 0.05) is 24.1 Å². The van der Waals surface area contributed by atoms with Gasteiger partial charge in [0.25, 0.3) is 5.69 Å². The first-order valence-corrected chi connectivity index (χ1v) is 5.75. The zero-order valence-electron chi connectivity index (χ0n) is 9.77. The molecule has 0 bridgehead atoms. The van der Waals surface area contributed by atoms with Crippen LogP contribution < -0.4 is 4.90 Å². The van der Waals surface area contributed by atoms with E-state index in [4.69, 9.17) is 5.53 Å². The molecule has 1 fully saturated rings. The molecule has 1 unspecified atom stereocenters. The van der Waals surface area contributed by atoms with E-state index in [1.165, 1.54) is 6.07 Å². The van der Waals surface area contributed by atoms with Gasteiger partial charge in [0.05, 0.1) is 11.0 Å². The molecule has 0 aliphatic carbocycles. The van der Waals surface area contributed by atoms with E-state index in [2.05, 4.69) is 10.0 Å². The number of rotatable bonds is 3. The quantitative estimate of drug-likeness (QED) is 0.270. The normalized spacial score (nSPS) is 19.1. The summed E-state index contributed by atoms with van der Waals surface area (Å²) in [7, 11) is 0. The molecule has 1 aromatic rings. The minimum atomic E-state index is -0.382. The van der Waals surface area contributed by atoms with Crippen molar-refractivity contribution in [1.29, 1.82) is 0 Å². The molecule has 0 N–H and O–H groups in total. The second-order valence-corrected chi connectivity index (χ2v) is 4.19. The van der Waals surface area contributed by atoms with Gasteiger partial charge in [-0.2, -0.15) is 0 Å². The summed E-state index contributed by atoms with van der Waals surface area (Å²) < 4.78 is 0. The molecule has 1 atom stereocenters. The molecule has 0 aromatic heterocycles. The second kappa shape index (κ2) is 5.37. The van der Waals surface area contributed by atoms with Crippen LogP contribution in [0.4, 0.5) is 11.4 Å². The van der Waals surface area contributed by atoms with Crippen molar-refractivity contribution in [2.75, 3.05) is 18.0 Å². The lowest BCUT2D eigenvalue weighted by atomic mass is 10.1. The number of nitrogens with zero attached hydrogens (tertiary/aromatic N) is 5. The maximum Gasteiger partial charge on any atom is 0.292 e. The van der Waals surface area contributed by atoms with E-state index < -0.39 is 0 Å². The van der Waals surface area contributed by atoms with Gasteiger partial charge in [0.2, 0.25) is 0 Å². The van der Waals surface area contributed by atoms with Gasteiger partial charge >= 0.3 is 0 Å². The van der Waals surface area contributed by atoms with Gasteiger partial charge in [-0.1, -0.05) is 17.2 Å². The van der Waals surface area contributed by atoms with E-state index in [1.54, 1.807) is 18.2 Å². The summed E-state index contributed by atoms with van der Waals surface area (Å²) in [6.45, 7) is 1.29. The first-order chi connectivity index (χ1) is 8.72. The number of hydrogen-bond acceptors (Lipinski definition) is 4. The molecule has 0 spiro atoms. The zero-order valence-corrected chi connectivity index (χ0v) is 9.77. The van der Waals surface area contributed by atoms with Gasteiger partial charge in [0.15, 0.2) is 0 Å². The summed E-state index contributed by atoms with van der Waals surface area (Å²) in [5.74, 6) is 0. The molecule has 7 heteroatoms. The lowest BCUT2D eigenvalue weighted by molar-refractivity contribution is -0.384. The van der Waals surface area contributed by atoms with Crippen molar-refractivity contribution in [2.24, 2.45) is 5.11 Å². The van der Waals surface area contributed by atoms with Crippen molar-refractivity contribution in [2.45, 2.75) is 18.9 Å². The molecule has 1 aliphatic rings. The largest absolute Gasteiger partial charge is 0.366 e. The average Bonchev–Trinajstić information content (AvgIpc) is 2.39. The van der Waals surface area contributed by atoms with Crippen molar-refractivity contribution < 1.29 is 4.92 Å². The Hall–Kier alpha value is -2.27. The topological polar surface area (TPSA) is 95.1 Å². The van der Waals surface area contributed by atoms with Crippen LogP contribution in [0.3, 0.4) is 0 Å². The van der Waals surface area contributed by atoms with Crippen molar-refractivity contribution in [3.05, 3.63) is 44.8 Å². The second-order valence-electron chi connectivity index (χ2n) is 4.19. The number of hydrogen-bond donors (Lipinski definition) is 0. The van der Waals surface area contributed by atoms with Gasteiger partial charge in [-0.25, -0.2) is 0 Å². The Morgan fingerprint density at radius 3 is 3.00 bits per heavy atom. The molecule has 2 rings (SSSR count). The standard InChI is InChI=1S/C11H13N5O2/c12-14-13-9-4-3-7-15(8-9)10-5-1-2-6-11(10)16(17)18/h1-2,5-6,9H,3-4,7-8H2. The molecular formula is C11H13N5O2. The molecule has 0 saturated carbocycles. The number of piperidine rings is 1. The molecule has 18 heavy (non-hydrogen) atoms. The van der Waals surface area contributed by atoms with E-state index in [0.29, 0.717) is 12.2 Å². The van der Waals surface area contributed by atoms with Crippen LogP contribution >= 0.6 is 0 Å². The summed E-state index contributed by atoms with van der Waals surface area (Å²) in [4.78, 5) is 15.3. The highest BCUT2D eigenvalue weighted by Gasteiger charge is 2.24. The highest BCUT2D eigenvalue weighted by Crippen LogP contribution is 2.30. The van der Waals surface area contributed by atoms with Crippen molar-refractivity contribution >= 4 is 11.4 Å². The van der Waals surface area contributed by atoms with E-state index in [9.17, 15) is 10.1 Å². The summed E-state index contributed by atoms with van der Waals surface area (Å²) in [5, 5.41) is 14.7. The lowest BCUT2D eigenvalue weighted by Crippen LogP contribution is -2.37. The third-order valence-electron chi connectivity index (χ3n) is 3.03. The van der Waals surface area contributed by atoms with Gasteiger partial charge in [-0.3, -0.25) is 10.1 Å². The third-order valence-corrected chi connectivity index (χ3v) is 3.03. The minimum absolute atomic E-state index is 0.0964. The Balaban J connectivity index is 2.25. The minimum Gasteiger partial charge on any atom is -0.366 e. The molecule has 94 valence electrons. The van der Waals surface area contributed by atoms with Crippen LogP contribution in [0.2, 0.25) is 0 Å². The summed E-state index contributed by atoms with van der Waals surface area (Å²) >= 11 is 0. The molecular weight excluding hydrogens is 234 g/mol. The van der Waals surface area contributed by atoms with Gasteiger partial charge in [-0.15, -0.1) is 0 Å². The van der Waals surface area contributed by atoms with E-state index in [-0.39, 0.29) is 16.7 Å². The highest BCUT2D eigenvalue weighted by atomic mass is 16.6. The number of azide groups is 1. The van der Waals surface area contributed by atoms with Crippen LogP contribution in [0.1, 0.15) is 12.8 Å². The SMILES string of the molecule is [N-]=[N+]=NC1CCCN(c2ccccc2[N+](=O)[O-])C1. The molecule has 1 aliphatic heterocycles. The van der Waals surface area contributed by atoms with E-state index >= 15 is 0 Å². The van der Waals surface area contributed by atoms with Gasteiger partial charge < -0.3 is 4.90 Å². The fraction of sp³-hybridized carbons (Fsp3) is 0.455. The average molecular weight is 247 g/mol. The van der Waals surface area contributed by atoms with Crippen molar-refractivity contribution in [3.63, 3.8) is 0 Å². The molecule has 1 heterocycles. The van der Waals surface area contributed by atoms with Crippen LogP contribution in [0.5, 0.6) is 0 Å². The molecule has 1 aromatic carbocycles. The number of para-hydroxylation sites is 2. The number of benzene rings is 1. The monoisotopic (exact) mass is 247 g/mol. The molecule has 0 radical (unpaired) electrons. The highest BCUT2D eigenvalue weighted by molar-refractivity contribution is 5.63. The van der Waals surface area contributed by atoms with Crippen LogP contribution in [0.15, 0.2) is 29.4 Å². The maximum atomic E-state index is 11.0. The smallest absolute Gasteiger partial charge is 0.292 e. The number of nitro groups is 1. The van der Waals surface area contributed by atoms with E-state index in [0.717, 1.165) is 19.4 Å². The van der Waals surface area contributed by atoms with Gasteiger partial charge in [0.1, 0.15) is 5.69 Å². The zero-order chi connectivity index (χ0) is 13.0. The first-order valence-electron chi connectivity index (χ1n) is 5.75. The summed E-state index contributed by atoms with van der Waals surface area (Å²) in [6.07, 6.45) is 1.71. The third kappa shape index (κ3) is 2.52. The first kappa shape index (κ1) is 12.2. The van der Waals surface area contributed by atoms with Crippen LogP contribution in [0.25, 0.3) is 10.4 Å². The Labute approximate surface area is 104 Å². The Morgan fingerprint density at radius 2 is 2.28 bits per heavy atom. The molecule has 0 amide bonds. The number of nitro benzene ring substituents is 1.